The molecule has 0 radical (unpaired) electrons. The highest BCUT2D eigenvalue weighted by atomic mass is 16.6. The quantitative estimate of drug-likeness (QED) is 0.765. The fraction of sp³-hybridized carbons (Fsp3) is 0.214. The molecule has 2 aromatic heterocycles. The van der Waals surface area contributed by atoms with Crippen molar-refractivity contribution in [3.63, 3.8) is 0 Å². The van der Waals surface area contributed by atoms with Gasteiger partial charge in [-0.15, -0.1) is 0 Å². The summed E-state index contributed by atoms with van der Waals surface area (Å²) in [6.07, 6.45) is 3.71. The van der Waals surface area contributed by atoms with E-state index in [9.17, 15) is 0 Å². The van der Waals surface area contributed by atoms with E-state index in [4.69, 9.17) is 0 Å². The van der Waals surface area contributed by atoms with Gasteiger partial charge >= 0.3 is 0 Å². The van der Waals surface area contributed by atoms with Crippen molar-refractivity contribution in [2.75, 3.05) is 0 Å². The molecule has 20 heavy (non-hydrogen) atoms. The molecule has 0 saturated carbocycles. The number of para-hydroxylation sites is 1. The molecule has 0 aliphatic rings. The summed E-state index contributed by atoms with van der Waals surface area (Å²) in [5, 5.41) is 15.2. The molecule has 2 heterocycles. The fourth-order valence-corrected chi connectivity index (χ4v) is 2.02. The van der Waals surface area contributed by atoms with Crippen LogP contribution in [0.1, 0.15) is 17.0 Å². The van der Waals surface area contributed by atoms with Gasteiger partial charge in [-0.2, -0.15) is 5.10 Å². The Morgan fingerprint density at radius 1 is 1.15 bits per heavy atom. The van der Waals surface area contributed by atoms with Crippen molar-refractivity contribution in [2.24, 2.45) is 0 Å². The van der Waals surface area contributed by atoms with Crippen LogP contribution in [0, 0.1) is 6.92 Å². The highest BCUT2D eigenvalue weighted by Crippen LogP contribution is 2.13. The summed E-state index contributed by atoms with van der Waals surface area (Å²) in [5.74, 6) is 0. The minimum atomic E-state index is 0.628. The topological polar surface area (TPSA) is 68.8 Å². The first-order valence-electron chi connectivity index (χ1n) is 6.41. The number of nitrogens with zero attached hydrogens (tertiary/aromatic N) is 4. The van der Waals surface area contributed by atoms with Crippen molar-refractivity contribution in [1.82, 2.24) is 25.4 Å². The van der Waals surface area contributed by atoms with Gasteiger partial charge in [0.15, 0.2) is 0 Å². The number of hydrogen-bond acceptors (Lipinski definition) is 5. The molecule has 6 heteroatoms. The number of aryl methyl sites for hydroxylation is 1. The SMILES string of the molecule is Cc1nonc1CNCc1ccccc1-n1cccn1. The van der Waals surface area contributed by atoms with Crippen molar-refractivity contribution in [1.29, 1.82) is 0 Å². The lowest BCUT2D eigenvalue weighted by atomic mass is 10.1. The van der Waals surface area contributed by atoms with Gasteiger partial charge in [-0.25, -0.2) is 9.31 Å². The van der Waals surface area contributed by atoms with E-state index in [2.05, 4.69) is 31.4 Å². The Kier molecular flexibility index (Phi) is 3.56. The first-order valence-corrected chi connectivity index (χ1v) is 6.41. The summed E-state index contributed by atoms with van der Waals surface area (Å²) in [5.41, 5.74) is 3.89. The number of benzene rings is 1. The molecule has 0 aliphatic heterocycles. The van der Waals surface area contributed by atoms with E-state index >= 15 is 0 Å². The predicted molar refractivity (Wildman–Crippen MR) is 73.1 cm³/mol. The number of aromatic nitrogens is 4. The summed E-state index contributed by atoms with van der Waals surface area (Å²) >= 11 is 0. The zero-order chi connectivity index (χ0) is 13.8. The third-order valence-electron chi connectivity index (χ3n) is 3.10. The van der Waals surface area contributed by atoms with Crippen LogP contribution < -0.4 is 5.32 Å². The van der Waals surface area contributed by atoms with Gasteiger partial charge in [0, 0.05) is 25.5 Å². The normalized spacial score (nSPS) is 10.8. The second kappa shape index (κ2) is 5.66. The second-order valence-corrected chi connectivity index (χ2v) is 4.48. The van der Waals surface area contributed by atoms with Crippen LogP contribution >= 0.6 is 0 Å². The number of nitrogens with one attached hydrogen (secondary N) is 1. The summed E-state index contributed by atoms with van der Waals surface area (Å²) in [7, 11) is 0. The maximum atomic E-state index is 4.68. The Morgan fingerprint density at radius 2 is 2.05 bits per heavy atom. The molecule has 0 aliphatic carbocycles. The van der Waals surface area contributed by atoms with E-state index in [1.54, 1.807) is 6.20 Å². The van der Waals surface area contributed by atoms with E-state index in [0.717, 1.165) is 23.6 Å². The Hall–Kier alpha value is -2.47. The molecule has 1 N–H and O–H groups in total. The first-order chi connectivity index (χ1) is 9.84. The van der Waals surface area contributed by atoms with Crippen LogP contribution in [-0.2, 0) is 13.1 Å². The fourth-order valence-electron chi connectivity index (χ4n) is 2.02. The minimum absolute atomic E-state index is 0.628. The van der Waals surface area contributed by atoms with Gasteiger partial charge in [-0.05, 0) is 24.6 Å². The van der Waals surface area contributed by atoms with Gasteiger partial charge in [0.05, 0.1) is 5.69 Å². The second-order valence-electron chi connectivity index (χ2n) is 4.48. The van der Waals surface area contributed by atoms with Crippen molar-refractivity contribution >= 4 is 0 Å². The van der Waals surface area contributed by atoms with E-state index in [1.807, 2.05) is 42.1 Å². The van der Waals surface area contributed by atoms with Crippen LogP contribution in [0.15, 0.2) is 47.4 Å². The Balaban J connectivity index is 1.70. The monoisotopic (exact) mass is 269 g/mol. The summed E-state index contributed by atoms with van der Waals surface area (Å²) in [4.78, 5) is 0. The van der Waals surface area contributed by atoms with Gasteiger partial charge < -0.3 is 5.32 Å². The highest BCUT2D eigenvalue weighted by Gasteiger charge is 2.06. The van der Waals surface area contributed by atoms with Gasteiger partial charge in [0.25, 0.3) is 0 Å². The zero-order valence-electron chi connectivity index (χ0n) is 11.2. The smallest absolute Gasteiger partial charge is 0.121 e. The summed E-state index contributed by atoms with van der Waals surface area (Å²) < 4.78 is 6.54. The van der Waals surface area contributed by atoms with Crippen molar-refractivity contribution in [3.8, 4) is 5.69 Å². The molecule has 0 amide bonds. The molecule has 0 fully saturated rings. The zero-order valence-corrected chi connectivity index (χ0v) is 11.2. The van der Waals surface area contributed by atoms with Crippen molar-refractivity contribution in [3.05, 3.63) is 59.7 Å². The molecule has 3 rings (SSSR count). The molecule has 6 nitrogen and oxygen atoms in total. The average Bonchev–Trinajstić information content (AvgIpc) is 3.12. The molecular weight excluding hydrogens is 254 g/mol. The number of hydrogen-bond donors (Lipinski definition) is 1. The van der Waals surface area contributed by atoms with Crippen LogP contribution in [0.25, 0.3) is 5.69 Å². The van der Waals surface area contributed by atoms with Gasteiger partial charge in [0.2, 0.25) is 0 Å². The van der Waals surface area contributed by atoms with Gasteiger partial charge in [-0.1, -0.05) is 28.5 Å². The Bertz CT molecular complexity index is 674. The summed E-state index contributed by atoms with van der Waals surface area (Å²) in [6.45, 7) is 3.23. The van der Waals surface area contributed by atoms with Crippen molar-refractivity contribution in [2.45, 2.75) is 20.0 Å². The highest BCUT2D eigenvalue weighted by molar-refractivity contribution is 5.40. The average molecular weight is 269 g/mol. The maximum absolute atomic E-state index is 4.68. The van der Waals surface area contributed by atoms with E-state index < -0.39 is 0 Å². The molecule has 0 unspecified atom stereocenters. The molecule has 102 valence electrons. The van der Waals surface area contributed by atoms with Crippen molar-refractivity contribution < 1.29 is 4.63 Å². The Labute approximate surface area is 116 Å². The molecule has 0 bridgehead atoms. The third-order valence-corrected chi connectivity index (χ3v) is 3.10. The molecule has 0 atom stereocenters. The lowest BCUT2D eigenvalue weighted by Gasteiger charge is -2.10. The van der Waals surface area contributed by atoms with E-state index in [1.165, 1.54) is 5.56 Å². The minimum Gasteiger partial charge on any atom is -0.307 e. The van der Waals surface area contributed by atoms with E-state index in [0.29, 0.717) is 6.54 Å². The molecule has 0 saturated heterocycles. The Morgan fingerprint density at radius 3 is 2.80 bits per heavy atom. The van der Waals surface area contributed by atoms with Crippen LogP contribution in [0.4, 0.5) is 0 Å². The standard InChI is InChI=1S/C14H15N5O/c1-11-13(18-20-17-11)10-15-9-12-5-2-3-6-14(12)19-8-4-7-16-19/h2-8,15H,9-10H2,1H3. The van der Waals surface area contributed by atoms with Crippen LogP contribution in [0.3, 0.4) is 0 Å². The van der Waals surface area contributed by atoms with Crippen LogP contribution in [0.5, 0.6) is 0 Å². The van der Waals surface area contributed by atoms with Crippen LogP contribution in [-0.4, -0.2) is 20.1 Å². The van der Waals surface area contributed by atoms with E-state index in [-0.39, 0.29) is 0 Å². The van der Waals surface area contributed by atoms with Crippen LogP contribution in [0.2, 0.25) is 0 Å². The predicted octanol–water partition coefficient (Wildman–Crippen LogP) is 1.85. The molecular formula is C14H15N5O. The van der Waals surface area contributed by atoms with Gasteiger partial charge in [0.1, 0.15) is 11.4 Å². The number of rotatable bonds is 5. The molecule has 0 spiro atoms. The molecule has 3 aromatic rings. The molecule has 1 aromatic carbocycles. The largest absolute Gasteiger partial charge is 0.307 e. The summed E-state index contributed by atoms with van der Waals surface area (Å²) in [6, 6.07) is 10.1. The lowest BCUT2D eigenvalue weighted by molar-refractivity contribution is 0.300. The maximum Gasteiger partial charge on any atom is 0.121 e. The third kappa shape index (κ3) is 2.60. The van der Waals surface area contributed by atoms with Gasteiger partial charge in [-0.3, -0.25) is 0 Å². The first kappa shape index (κ1) is 12.6. The lowest BCUT2D eigenvalue weighted by Crippen LogP contribution is -2.15.